The highest BCUT2D eigenvalue weighted by atomic mass is 35.5. The number of piperidine rings is 1. The molecular weight excluding hydrogens is 436 g/mol. The van der Waals surface area contributed by atoms with Gasteiger partial charge in [-0.15, -0.1) is 0 Å². The van der Waals surface area contributed by atoms with Crippen LogP contribution in [0.25, 0.3) is 22.3 Å². The Morgan fingerprint density at radius 3 is 2.75 bits per heavy atom. The molecule has 1 fully saturated rings. The first-order valence-electron chi connectivity index (χ1n) is 10.2. The van der Waals surface area contributed by atoms with E-state index in [0.29, 0.717) is 35.7 Å². The number of aromatic hydroxyl groups is 2. The van der Waals surface area contributed by atoms with E-state index in [1.165, 1.54) is 6.07 Å². The Hall–Kier alpha value is -3.07. The van der Waals surface area contributed by atoms with Crippen molar-refractivity contribution in [3.05, 3.63) is 57.2 Å². The van der Waals surface area contributed by atoms with E-state index in [4.69, 9.17) is 26.5 Å². The van der Waals surface area contributed by atoms with Gasteiger partial charge in [0.2, 0.25) is 0 Å². The SMILES string of the molecule is CN1CCC(c2c(O)cc(O)c3c(=O)cc(-c4ccccc4Cl)oc23)C(OC(=O)CN)C1. The highest BCUT2D eigenvalue weighted by Crippen LogP contribution is 2.43. The number of hydrogen-bond donors (Lipinski definition) is 3. The standard InChI is InChI=1S/C23H23ClN2O6/c1-26-7-6-13(19(11-26)31-20(30)10-25)21-15(27)8-16(28)22-17(29)9-18(32-23(21)22)12-4-2-3-5-14(12)24/h2-5,8-9,13,19,27-28H,6-7,10-11,25H2,1H3. The average Bonchev–Trinajstić information content (AvgIpc) is 2.74. The number of carbonyl (C=O) groups is 1. The molecule has 0 aliphatic carbocycles. The number of nitrogens with two attached hydrogens (primary N) is 1. The molecule has 3 aromatic rings. The van der Waals surface area contributed by atoms with E-state index in [0.717, 1.165) is 6.07 Å². The number of rotatable bonds is 4. The maximum atomic E-state index is 13.0. The molecule has 168 valence electrons. The van der Waals surface area contributed by atoms with E-state index in [-0.39, 0.29) is 29.0 Å². The monoisotopic (exact) mass is 458 g/mol. The van der Waals surface area contributed by atoms with Crippen LogP contribution in [0.5, 0.6) is 11.5 Å². The fourth-order valence-corrected chi connectivity index (χ4v) is 4.44. The van der Waals surface area contributed by atoms with Gasteiger partial charge in [0.05, 0.1) is 11.6 Å². The summed E-state index contributed by atoms with van der Waals surface area (Å²) >= 11 is 6.29. The molecule has 1 aliphatic rings. The maximum Gasteiger partial charge on any atom is 0.320 e. The topological polar surface area (TPSA) is 126 Å². The van der Waals surface area contributed by atoms with E-state index < -0.39 is 29.2 Å². The molecular formula is C23H23ClN2O6. The minimum absolute atomic E-state index is 0.0354. The fraction of sp³-hybridized carbons (Fsp3) is 0.304. The van der Waals surface area contributed by atoms with Gasteiger partial charge in [0.15, 0.2) is 5.43 Å². The van der Waals surface area contributed by atoms with Crippen molar-refractivity contribution in [1.29, 1.82) is 0 Å². The van der Waals surface area contributed by atoms with Gasteiger partial charge >= 0.3 is 5.97 Å². The number of fused-ring (bicyclic) bond motifs is 1. The van der Waals surface area contributed by atoms with Crippen molar-refractivity contribution < 1.29 is 24.2 Å². The number of esters is 1. The van der Waals surface area contributed by atoms with Crippen molar-refractivity contribution in [3.63, 3.8) is 0 Å². The van der Waals surface area contributed by atoms with Crippen LogP contribution >= 0.6 is 11.6 Å². The Bertz CT molecular complexity index is 1240. The third-order valence-corrected chi connectivity index (χ3v) is 6.05. The van der Waals surface area contributed by atoms with E-state index in [9.17, 15) is 19.8 Å². The third kappa shape index (κ3) is 4.04. The molecule has 0 bridgehead atoms. The number of nitrogens with zero attached hydrogens (tertiary/aromatic N) is 1. The predicted molar refractivity (Wildman–Crippen MR) is 120 cm³/mol. The summed E-state index contributed by atoms with van der Waals surface area (Å²) in [6.07, 6.45) is -0.107. The molecule has 0 spiro atoms. The second-order valence-electron chi connectivity index (χ2n) is 7.88. The second-order valence-corrected chi connectivity index (χ2v) is 8.28. The quantitative estimate of drug-likeness (QED) is 0.509. The number of hydrogen-bond acceptors (Lipinski definition) is 8. The molecule has 2 unspecified atom stereocenters. The van der Waals surface area contributed by atoms with Crippen LogP contribution in [0.2, 0.25) is 5.02 Å². The number of ether oxygens (including phenoxy) is 1. The maximum absolute atomic E-state index is 13.0. The molecule has 4 rings (SSSR count). The summed E-state index contributed by atoms with van der Waals surface area (Å²) in [6, 6.07) is 9.25. The van der Waals surface area contributed by atoms with Crippen LogP contribution in [-0.2, 0) is 9.53 Å². The molecule has 2 heterocycles. The lowest BCUT2D eigenvalue weighted by Crippen LogP contribution is -2.44. The number of carbonyl (C=O) groups excluding carboxylic acids is 1. The molecule has 0 saturated carbocycles. The van der Waals surface area contributed by atoms with Crippen molar-refractivity contribution in [2.75, 3.05) is 26.7 Å². The van der Waals surface area contributed by atoms with Crippen molar-refractivity contribution >= 4 is 28.5 Å². The zero-order chi connectivity index (χ0) is 23.0. The Morgan fingerprint density at radius 1 is 1.28 bits per heavy atom. The van der Waals surface area contributed by atoms with Gasteiger partial charge in [0.25, 0.3) is 0 Å². The lowest BCUT2D eigenvalue weighted by atomic mass is 9.85. The van der Waals surface area contributed by atoms with Crippen molar-refractivity contribution in [2.45, 2.75) is 18.4 Å². The van der Waals surface area contributed by atoms with Gasteiger partial charge in [-0.1, -0.05) is 23.7 Å². The molecule has 2 aromatic carbocycles. The summed E-state index contributed by atoms with van der Waals surface area (Å²) in [5.74, 6) is -1.50. The van der Waals surface area contributed by atoms with E-state index in [2.05, 4.69) is 0 Å². The molecule has 32 heavy (non-hydrogen) atoms. The van der Waals surface area contributed by atoms with E-state index >= 15 is 0 Å². The molecule has 2 atom stereocenters. The number of phenols is 2. The molecule has 0 amide bonds. The van der Waals surface area contributed by atoms with Crippen LogP contribution < -0.4 is 11.2 Å². The zero-order valence-corrected chi connectivity index (χ0v) is 18.1. The van der Waals surface area contributed by atoms with E-state index in [1.807, 2.05) is 11.9 Å². The Kier molecular flexibility index (Phi) is 6.10. The summed E-state index contributed by atoms with van der Waals surface area (Å²) in [7, 11) is 1.89. The summed E-state index contributed by atoms with van der Waals surface area (Å²) in [6.45, 7) is 0.797. The Balaban J connectivity index is 1.95. The highest BCUT2D eigenvalue weighted by molar-refractivity contribution is 6.33. The smallest absolute Gasteiger partial charge is 0.320 e. The average molecular weight is 459 g/mol. The minimum Gasteiger partial charge on any atom is -0.507 e. The minimum atomic E-state index is -0.627. The van der Waals surface area contributed by atoms with E-state index in [1.54, 1.807) is 24.3 Å². The van der Waals surface area contributed by atoms with Gasteiger partial charge in [-0.2, -0.15) is 0 Å². The molecule has 4 N–H and O–H groups in total. The summed E-state index contributed by atoms with van der Waals surface area (Å²) in [5.41, 5.74) is 5.77. The van der Waals surface area contributed by atoms with Crippen molar-refractivity contribution in [2.24, 2.45) is 5.73 Å². The summed E-state index contributed by atoms with van der Waals surface area (Å²) in [5, 5.41) is 21.5. The lowest BCUT2D eigenvalue weighted by Gasteiger charge is -2.36. The molecule has 1 aromatic heterocycles. The summed E-state index contributed by atoms with van der Waals surface area (Å²) < 4.78 is 11.6. The number of likely N-dealkylation sites (N-methyl/N-ethyl adjacent to an activating group) is 1. The van der Waals surface area contributed by atoms with Gasteiger partial charge in [0.1, 0.15) is 34.3 Å². The number of benzene rings is 2. The molecule has 9 heteroatoms. The Labute approximate surface area is 188 Å². The van der Waals surface area contributed by atoms with Crippen molar-refractivity contribution in [3.8, 4) is 22.8 Å². The zero-order valence-electron chi connectivity index (χ0n) is 17.4. The van der Waals surface area contributed by atoms with Crippen LogP contribution in [-0.4, -0.2) is 53.9 Å². The van der Waals surface area contributed by atoms with Crippen molar-refractivity contribution in [1.82, 2.24) is 4.90 Å². The van der Waals surface area contributed by atoms with Gasteiger partial charge in [-0.05, 0) is 32.1 Å². The van der Waals surface area contributed by atoms with Crippen LogP contribution in [0.15, 0.2) is 45.6 Å². The number of phenolic OH excluding ortho intramolecular Hbond substituents is 2. The fourth-order valence-electron chi connectivity index (χ4n) is 4.21. The molecule has 0 radical (unpaired) electrons. The van der Waals surface area contributed by atoms with Crippen LogP contribution in [0, 0.1) is 0 Å². The molecule has 1 saturated heterocycles. The first kappa shape index (κ1) is 22.1. The normalized spacial score (nSPS) is 19.2. The predicted octanol–water partition coefficient (Wildman–Crippen LogP) is 2.81. The third-order valence-electron chi connectivity index (χ3n) is 5.72. The van der Waals surface area contributed by atoms with Crippen LogP contribution in [0.3, 0.4) is 0 Å². The van der Waals surface area contributed by atoms with Gasteiger partial charge < -0.3 is 30.0 Å². The lowest BCUT2D eigenvalue weighted by molar-refractivity contribution is -0.150. The summed E-state index contributed by atoms with van der Waals surface area (Å²) in [4.78, 5) is 26.9. The van der Waals surface area contributed by atoms with Gasteiger partial charge in [-0.3, -0.25) is 9.59 Å². The number of likely N-dealkylation sites (tertiary alicyclic amines) is 1. The first-order chi connectivity index (χ1) is 15.3. The highest BCUT2D eigenvalue weighted by Gasteiger charge is 2.36. The number of halogens is 1. The van der Waals surface area contributed by atoms with Crippen LogP contribution in [0.1, 0.15) is 17.9 Å². The van der Waals surface area contributed by atoms with Crippen LogP contribution in [0.4, 0.5) is 0 Å². The Morgan fingerprint density at radius 2 is 2.03 bits per heavy atom. The molecule has 1 aliphatic heterocycles. The largest absolute Gasteiger partial charge is 0.507 e. The second kappa shape index (κ2) is 8.82. The van der Waals surface area contributed by atoms with Gasteiger partial charge in [0, 0.05) is 35.7 Å². The first-order valence-corrected chi connectivity index (χ1v) is 10.5. The van der Waals surface area contributed by atoms with Gasteiger partial charge in [-0.25, -0.2) is 0 Å². The molecule has 8 nitrogen and oxygen atoms in total.